The van der Waals surface area contributed by atoms with Crippen molar-refractivity contribution in [3.63, 3.8) is 0 Å². The fourth-order valence-corrected chi connectivity index (χ4v) is 1.81. The lowest BCUT2D eigenvalue weighted by atomic mass is 10.5. The van der Waals surface area contributed by atoms with Gasteiger partial charge in [-0.2, -0.15) is 4.98 Å². The zero-order valence-corrected chi connectivity index (χ0v) is 10.2. The van der Waals surface area contributed by atoms with Gasteiger partial charge in [-0.15, -0.1) is 11.3 Å². The third kappa shape index (κ3) is 2.82. The lowest BCUT2D eigenvalue weighted by Crippen LogP contribution is -2.04. The van der Waals surface area contributed by atoms with Gasteiger partial charge in [-0.1, -0.05) is 0 Å². The van der Waals surface area contributed by atoms with E-state index in [4.69, 9.17) is 9.15 Å². The summed E-state index contributed by atoms with van der Waals surface area (Å²) in [4.78, 5) is 19.5. The molecule has 0 spiro atoms. The summed E-state index contributed by atoms with van der Waals surface area (Å²) in [6.07, 6.45) is 1.25. The highest BCUT2D eigenvalue weighted by molar-refractivity contribution is 7.13. The molecule has 2 rings (SSSR count). The van der Waals surface area contributed by atoms with Gasteiger partial charge < -0.3 is 9.15 Å². The summed E-state index contributed by atoms with van der Waals surface area (Å²) in [6, 6.07) is 0.224. The van der Waals surface area contributed by atoms with E-state index < -0.39 is 5.97 Å². The Hall–Kier alpha value is -1.89. The van der Waals surface area contributed by atoms with Crippen LogP contribution in [-0.4, -0.2) is 22.5 Å². The van der Waals surface area contributed by atoms with E-state index in [0.717, 1.165) is 5.69 Å². The van der Waals surface area contributed by atoms with Crippen LogP contribution in [0.15, 0.2) is 16.1 Å². The molecule has 0 amide bonds. The molecule has 0 bridgehead atoms. The number of esters is 1. The maximum absolute atomic E-state index is 11.3. The summed E-state index contributed by atoms with van der Waals surface area (Å²) in [5.74, 6) is -0.500. The molecule has 2 aromatic rings. The number of hydrogen-bond acceptors (Lipinski definition) is 7. The molecule has 0 saturated heterocycles. The van der Waals surface area contributed by atoms with Crippen LogP contribution in [0, 0.1) is 6.92 Å². The smallest absolute Gasteiger partial charge is 0.360 e. The topological polar surface area (TPSA) is 77.2 Å². The van der Waals surface area contributed by atoms with Gasteiger partial charge in [0.15, 0.2) is 10.8 Å². The van der Waals surface area contributed by atoms with Crippen LogP contribution in [0.1, 0.15) is 23.1 Å². The Bertz CT molecular complexity index is 520. The van der Waals surface area contributed by atoms with Crippen LogP contribution in [0.4, 0.5) is 11.1 Å². The molecule has 0 aliphatic heterocycles. The van der Waals surface area contributed by atoms with Gasteiger partial charge in [0, 0.05) is 5.38 Å². The van der Waals surface area contributed by atoms with E-state index in [0.29, 0.717) is 11.7 Å². The number of nitrogens with one attached hydrogen (secondary N) is 1. The minimum Gasteiger partial charge on any atom is -0.461 e. The Morgan fingerprint density at radius 2 is 2.41 bits per heavy atom. The van der Waals surface area contributed by atoms with E-state index in [2.05, 4.69) is 15.3 Å². The highest BCUT2D eigenvalue weighted by atomic mass is 32.1. The monoisotopic (exact) mass is 253 g/mol. The summed E-state index contributed by atoms with van der Waals surface area (Å²) < 4.78 is 9.88. The van der Waals surface area contributed by atoms with Crippen LogP contribution in [0.5, 0.6) is 0 Å². The van der Waals surface area contributed by atoms with Crippen molar-refractivity contribution in [2.75, 3.05) is 11.9 Å². The molecule has 0 fully saturated rings. The zero-order valence-electron chi connectivity index (χ0n) is 9.39. The number of rotatable bonds is 4. The van der Waals surface area contributed by atoms with Crippen molar-refractivity contribution >= 4 is 28.5 Å². The van der Waals surface area contributed by atoms with Crippen LogP contribution in [0.3, 0.4) is 0 Å². The Balaban J connectivity index is 2.06. The SMILES string of the molecule is CCOC(=O)c1coc(Nc2nc(C)cs2)n1. The number of ether oxygens (including phenoxy) is 1. The number of carbonyl (C=O) groups is 1. The van der Waals surface area contributed by atoms with Gasteiger partial charge in [0.2, 0.25) is 0 Å². The van der Waals surface area contributed by atoms with E-state index in [-0.39, 0.29) is 11.7 Å². The first-order valence-electron chi connectivity index (χ1n) is 5.01. The van der Waals surface area contributed by atoms with Gasteiger partial charge >= 0.3 is 12.0 Å². The molecular weight excluding hydrogens is 242 g/mol. The third-order valence-electron chi connectivity index (χ3n) is 1.82. The molecule has 2 heterocycles. The van der Waals surface area contributed by atoms with Crippen molar-refractivity contribution in [2.24, 2.45) is 0 Å². The van der Waals surface area contributed by atoms with Crippen molar-refractivity contribution in [1.29, 1.82) is 0 Å². The van der Waals surface area contributed by atoms with Crippen molar-refractivity contribution in [1.82, 2.24) is 9.97 Å². The van der Waals surface area contributed by atoms with Gasteiger partial charge in [0.1, 0.15) is 6.26 Å². The normalized spacial score (nSPS) is 10.2. The summed E-state index contributed by atoms with van der Waals surface area (Å²) in [7, 11) is 0. The molecule has 2 aromatic heterocycles. The number of carbonyl (C=O) groups excluding carboxylic acids is 1. The zero-order chi connectivity index (χ0) is 12.3. The van der Waals surface area contributed by atoms with Gasteiger partial charge in [0.05, 0.1) is 12.3 Å². The number of thiazole rings is 1. The summed E-state index contributed by atoms with van der Waals surface area (Å²) in [5, 5.41) is 5.43. The predicted molar refractivity (Wildman–Crippen MR) is 62.6 cm³/mol. The van der Waals surface area contributed by atoms with Crippen LogP contribution < -0.4 is 5.32 Å². The highest BCUT2D eigenvalue weighted by Gasteiger charge is 2.13. The average molecular weight is 253 g/mol. The number of anilines is 2. The number of hydrogen-bond donors (Lipinski definition) is 1. The molecule has 0 aliphatic rings. The van der Waals surface area contributed by atoms with Crippen LogP contribution in [0.25, 0.3) is 0 Å². The van der Waals surface area contributed by atoms with Crippen molar-refractivity contribution in [3.8, 4) is 0 Å². The Kier molecular flexibility index (Phi) is 3.38. The largest absolute Gasteiger partial charge is 0.461 e. The van der Waals surface area contributed by atoms with Gasteiger partial charge in [0.25, 0.3) is 0 Å². The molecule has 0 radical (unpaired) electrons. The predicted octanol–water partition coefficient (Wildman–Crippen LogP) is 2.36. The first-order valence-corrected chi connectivity index (χ1v) is 5.89. The van der Waals surface area contributed by atoms with Gasteiger partial charge in [-0.25, -0.2) is 9.78 Å². The molecule has 0 saturated carbocycles. The van der Waals surface area contributed by atoms with E-state index in [1.165, 1.54) is 17.6 Å². The van der Waals surface area contributed by atoms with E-state index in [1.807, 2.05) is 12.3 Å². The molecular formula is C10H11N3O3S. The first-order chi connectivity index (χ1) is 8.19. The molecule has 0 aromatic carbocycles. The molecule has 0 aliphatic carbocycles. The Labute approximate surface area is 102 Å². The first kappa shape index (κ1) is 11.6. The standard InChI is InChI=1S/C10H11N3O3S/c1-3-15-8(14)7-4-16-9(12-7)13-10-11-6(2)5-17-10/h4-5H,3H2,1-2H3,(H,11,12,13). The fraction of sp³-hybridized carbons (Fsp3) is 0.300. The molecule has 7 heteroatoms. The Morgan fingerprint density at radius 1 is 1.59 bits per heavy atom. The van der Waals surface area contributed by atoms with Gasteiger partial charge in [-0.05, 0) is 13.8 Å². The fourth-order valence-electron chi connectivity index (χ4n) is 1.13. The second-order valence-corrected chi connectivity index (χ2v) is 4.04. The average Bonchev–Trinajstić information content (AvgIpc) is 2.89. The molecule has 6 nitrogen and oxygen atoms in total. The maximum atomic E-state index is 11.3. The minimum absolute atomic E-state index is 0.141. The molecule has 1 N–H and O–H groups in total. The molecule has 90 valence electrons. The highest BCUT2D eigenvalue weighted by Crippen LogP contribution is 2.20. The number of nitrogens with zero attached hydrogens (tertiary/aromatic N) is 2. The van der Waals surface area contributed by atoms with Crippen molar-refractivity contribution in [2.45, 2.75) is 13.8 Å². The van der Waals surface area contributed by atoms with E-state index >= 15 is 0 Å². The van der Waals surface area contributed by atoms with Crippen LogP contribution in [-0.2, 0) is 4.74 Å². The van der Waals surface area contributed by atoms with Crippen LogP contribution in [0.2, 0.25) is 0 Å². The van der Waals surface area contributed by atoms with Crippen LogP contribution >= 0.6 is 11.3 Å². The second-order valence-electron chi connectivity index (χ2n) is 3.18. The molecule has 17 heavy (non-hydrogen) atoms. The van der Waals surface area contributed by atoms with E-state index in [9.17, 15) is 4.79 Å². The summed E-state index contributed by atoms with van der Waals surface area (Å²) in [6.45, 7) is 3.93. The lowest BCUT2D eigenvalue weighted by Gasteiger charge is -1.95. The minimum atomic E-state index is -0.500. The third-order valence-corrected chi connectivity index (χ3v) is 2.70. The molecule has 0 unspecified atom stereocenters. The molecule has 0 atom stereocenters. The number of oxazole rings is 1. The number of aromatic nitrogens is 2. The lowest BCUT2D eigenvalue weighted by molar-refractivity contribution is 0.0519. The quantitative estimate of drug-likeness (QED) is 0.843. The number of aryl methyl sites for hydroxylation is 1. The van der Waals surface area contributed by atoms with Crippen molar-refractivity contribution < 1.29 is 13.9 Å². The summed E-state index contributed by atoms with van der Waals surface area (Å²) >= 11 is 1.43. The maximum Gasteiger partial charge on any atom is 0.360 e. The summed E-state index contributed by atoms with van der Waals surface area (Å²) in [5.41, 5.74) is 1.05. The second kappa shape index (κ2) is 4.96. The Morgan fingerprint density at radius 3 is 3.06 bits per heavy atom. The van der Waals surface area contributed by atoms with E-state index in [1.54, 1.807) is 6.92 Å². The van der Waals surface area contributed by atoms with Gasteiger partial charge in [-0.3, -0.25) is 5.32 Å². The van der Waals surface area contributed by atoms with Crippen molar-refractivity contribution in [3.05, 3.63) is 23.0 Å².